The SMILES string of the molecule is O=C(NCCSc1ccccc1Cl)C1(S(=O)(=O)c2ccc(C(F)(F)F)cc2)CCCC1. The summed E-state index contributed by atoms with van der Waals surface area (Å²) in [6.07, 6.45) is -3.17. The van der Waals surface area contributed by atoms with Crippen molar-refractivity contribution in [2.75, 3.05) is 12.3 Å². The minimum absolute atomic E-state index is 0.139. The van der Waals surface area contributed by atoms with Crippen LogP contribution in [-0.4, -0.2) is 31.4 Å². The summed E-state index contributed by atoms with van der Waals surface area (Å²) in [5.74, 6) is -0.115. The first-order chi connectivity index (χ1) is 14.6. The molecule has 0 aromatic heterocycles. The van der Waals surface area contributed by atoms with Gasteiger partial charge in [0.2, 0.25) is 5.91 Å². The Labute approximate surface area is 188 Å². The van der Waals surface area contributed by atoms with Crippen LogP contribution in [0.15, 0.2) is 58.3 Å². The molecule has 2 aromatic rings. The van der Waals surface area contributed by atoms with E-state index in [1.807, 2.05) is 18.2 Å². The Balaban J connectivity index is 1.73. The second kappa shape index (κ2) is 9.42. The number of hydrogen-bond donors (Lipinski definition) is 1. The Hall–Kier alpha value is -1.71. The highest BCUT2D eigenvalue weighted by molar-refractivity contribution is 7.99. The molecular formula is C21H21ClF3NO3S2. The molecule has 168 valence electrons. The van der Waals surface area contributed by atoms with Gasteiger partial charge in [-0.25, -0.2) is 8.42 Å². The molecule has 0 atom stereocenters. The van der Waals surface area contributed by atoms with Crippen molar-refractivity contribution in [1.82, 2.24) is 5.32 Å². The highest BCUT2D eigenvalue weighted by atomic mass is 35.5. The Kier molecular flexibility index (Phi) is 7.28. The van der Waals surface area contributed by atoms with Crippen molar-refractivity contribution >= 4 is 39.1 Å². The number of alkyl halides is 3. The number of sulfone groups is 1. The smallest absolute Gasteiger partial charge is 0.354 e. The van der Waals surface area contributed by atoms with Crippen LogP contribution < -0.4 is 5.32 Å². The molecule has 1 amide bonds. The summed E-state index contributed by atoms with van der Waals surface area (Å²) in [5, 5.41) is 3.30. The summed E-state index contributed by atoms with van der Waals surface area (Å²) < 4.78 is 63.4. The van der Waals surface area contributed by atoms with E-state index in [-0.39, 0.29) is 24.3 Å². The molecule has 1 aliphatic rings. The molecule has 3 rings (SSSR count). The van der Waals surface area contributed by atoms with Crippen LogP contribution in [0, 0.1) is 0 Å². The molecule has 10 heteroatoms. The van der Waals surface area contributed by atoms with Crippen LogP contribution in [0.1, 0.15) is 31.2 Å². The van der Waals surface area contributed by atoms with Crippen molar-refractivity contribution in [1.29, 1.82) is 0 Å². The highest BCUT2D eigenvalue weighted by Gasteiger charge is 2.52. The van der Waals surface area contributed by atoms with Crippen LogP contribution in [0.25, 0.3) is 0 Å². The number of benzene rings is 2. The largest absolute Gasteiger partial charge is 0.416 e. The van der Waals surface area contributed by atoms with Crippen molar-refractivity contribution in [3.8, 4) is 0 Å². The van der Waals surface area contributed by atoms with E-state index in [1.54, 1.807) is 6.07 Å². The zero-order valence-electron chi connectivity index (χ0n) is 16.4. The molecule has 0 spiro atoms. The van der Waals surface area contributed by atoms with Crippen molar-refractivity contribution in [3.63, 3.8) is 0 Å². The predicted octanol–water partition coefficient (Wildman–Crippen LogP) is 5.35. The Morgan fingerprint density at radius 1 is 1.06 bits per heavy atom. The van der Waals surface area contributed by atoms with Crippen molar-refractivity contribution in [3.05, 3.63) is 59.1 Å². The van der Waals surface area contributed by atoms with Crippen LogP contribution in [0.3, 0.4) is 0 Å². The maximum absolute atomic E-state index is 13.3. The molecule has 2 aromatic carbocycles. The number of carbonyl (C=O) groups is 1. The third kappa shape index (κ3) is 5.04. The molecule has 0 unspecified atom stereocenters. The lowest BCUT2D eigenvalue weighted by Crippen LogP contribution is -2.51. The fourth-order valence-corrected chi connectivity index (χ4v) is 6.85. The van der Waals surface area contributed by atoms with Gasteiger partial charge in [-0.05, 0) is 49.2 Å². The summed E-state index contributed by atoms with van der Waals surface area (Å²) in [7, 11) is -4.17. The van der Waals surface area contributed by atoms with Crippen molar-refractivity contribution in [2.45, 2.75) is 46.4 Å². The first-order valence-electron chi connectivity index (χ1n) is 9.65. The average molecular weight is 492 g/mol. The predicted molar refractivity (Wildman–Crippen MR) is 115 cm³/mol. The average Bonchev–Trinajstić information content (AvgIpc) is 3.24. The summed E-state index contributed by atoms with van der Waals surface area (Å²) >= 11 is 7.54. The molecule has 1 N–H and O–H groups in total. The summed E-state index contributed by atoms with van der Waals surface area (Å²) in [6, 6.07) is 10.6. The van der Waals surface area contributed by atoms with Gasteiger partial charge >= 0.3 is 6.18 Å². The van der Waals surface area contributed by atoms with Gasteiger partial charge in [0.05, 0.1) is 15.5 Å². The number of rotatable bonds is 7. The van der Waals surface area contributed by atoms with Gasteiger partial charge in [-0.3, -0.25) is 4.79 Å². The fourth-order valence-electron chi connectivity index (χ4n) is 3.66. The van der Waals surface area contributed by atoms with Crippen molar-refractivity contribution in [2.24, 2.45) is 0 Å². The van der Waals surface area contributed by atoms with Gasteiger partial charge in [0, 0.05) is 17.2 Å². The van der Waals surface area contributed by atoms with E-state index in [0.717, 1.165) is 29.2 Å². The van der Waals surface area contributed by atoms with Gasteiger partial charge in [-0.2, -0.15) is 13.2 Å². The lowest BCUT2D eigenvalue weighted by Gasteiger charge is -2.27. The molecule has 1 aliphatic carbocycles. The molecule has 0 aliphatic heterocycles. The molecular weight excluding hydrogens is 471 g/mol. The number of nitrogens with one attached hydrogen (secondary N) is 1. The minimum Gasteiger partial charge on any atom is -0.354 e. The summed E-state index contributed by atoms with van der Waals surface area (Å²) in [6.45, 7) is 0.235. The van der Waals surface area contributed by atoms with E-state index in [2.05, 4.69) is 5.32 Å². The van der Waals surface area contributed by atoms with E-state index in [0.29, 0.717) is 23.6 Å². The minimum atomic E-state index is -4.57. The normalized spacial score (nSPS) is 16.3. The Morgan fingerprint density at radius 2 is 1.68 bits per heavy atom. The molecule has 31 heavy (non-hydrogen) atoms. The van der Waals surface area contributed by atoms with Crippen LogP contribution >= 0.6 is 23.4 Å². The van der Waals surface area contributed by atoms with E-state index >= 15 is 0 Å². The van der Waals surface area contributed by atoms with Gasteiger partial charge in [-0.15, -0.1) is 11.8 Å². The Bertz CT molecular complexity index is 1030. The van der Waals surface area contributed by atoms with Gasteiger partial charge in [-0.1, -0.05) is 36.6 Å². The van der Waals surface area contributed by atoms with E-state index in [4.69, 9.17) is 11.6 Å². The third-order valence-electron chi connectivity index (χ3n) is 5.31. The molecule has 1 saturated carbocycles. The first-order valence-corrected chi connectivity index (χ1v) is 12.5. The van der Waals surface area contributed by atoms with Gasteiger partial charge in [0.1, 0.15) is 0 Å². The zero-order valence-corrected chi connectivity index (χ0v) is 18.8. The molecule has 0 radical (unpaired) electrons. The number of amides is 1. The van der Waals surface area contributed by atoms with E-state index < -0.39 is 32.2 Å². The number of hydrogen-bond acceptors (Lipinski definition) is 4. The quantitative estimate of drug-likeness (QED) is 0.418. The molecule has 4 nitrogen and oxygen atoms in total. The maximum Gasteiger partial charge on any atom is 0.416 e. The fraction of sp³-hybridized carbons (Fsp3) is 0.381. The van der Waals surface area contributed by atoms with E-state index in [9.17, 15) is 26.4 Å². The number of carbonyl (C=O) groups excluding carboxylic acids is 1. The van der Waals surface area contributed by atoms with Gasteiger partial charge in [0.25, 0.3) is 0 Å². The number of halogens is 4. The van der Waals surface area contributed by atoms with Crippen LogP contribution in [0.4, 0.5) is 13.2 Å². The third-order valence-corrected chi connectivity index (χ3v) is 9.35. The second-order valence-corrected chi connectivity index (χ2v) is 11.1. The Morgan fingerprint density at radius 3 is 2.26 bits per heavy atom. The molecule has 1 fully saturated rings. The molecule has 0 saturated heterocycles. The topological polar surface area (TPSA) is 63.2 Å². The maximum atomic E-state index is 13.3. The second-order valence-electron chi connectivity index (χ2n) is 7.26. The standard InChI is InChI=1S/C21H21ClF3NO3S2/c22-17-5-1-2-6-18(17)30-14-13-26-19(27)20(11-3-4-12-20)31(28,29)16-9-7-15(8-10-16)21(23,24)25/h1-2,5-10H,3-4,11-14H2,(H,26,27). The highest BCUT2D eigenvalue weighted by Crippen LogP contribution is 2.41. The van der Waals surface area contributed by atoms with Gasteiger partial charge in [0.15, 0.2) is 14.6 Å². The molecule has 0 heterocycles. The lowest BCUT2D eigenvalue weighted by molar-refractivity contribution is -0.137. The summed E-state index contributed by atoms with van der Waals surface area (Å²) in [5.41, 5.74) is -0.937. The number of thioether (sulfide) groups is 1. The van der Waals surface area contributed by atoms with E-state index in [1.165, 1.54) is 11.8 Å². The van der Waals surface area contributed by atoms with Gasteiger partial charge < -0.3 is 5.32 Å². The van der Waals surface area contributed by atoms with Crippen LogP contribution in [-0.2, 0) is 20.8 Å². The zero-order chi connectivity index (χ0) is 22.7. The van der Waals surface area contributed by atoms with Crippen LogP contribution in [0.2, 0.25) is 5.02 Å². The first kappa shape index (κ1) is 23.9. The summed E-state index contributed by atoms with van der Waals surface area (Å²) in [4.78, 5) is 13.6. The van der Waals surface area contributed by atoms with Crippen molar-refractivity contribution < 1.29 is 26.4 Å². The van der Waals surface area contributed by atoms with Crippen LogP contribution in [0.5, 0.6) is 0 Å². The lowest BCUT2D eigenvalue weighted by atomic mass is 10.1. The monoisotopic (exact) mass is 491 g/mol. The molecule has 0 bridgehead atoms.